The van der Waals surface area contributed by atoms with Crippen molar-refractivity contribution in [3.05, 3.63) is 41.2 Å². The Hall–Kier alpha value is -1.97. The minimum absolute atomic E-state index is 0.0454. The summed E-state index contributed by atoms with van der Waals surface area (Å²) in [5, 5.41) is 0. The van der Waals surface area contributed by atoms with E-state index in [1.165, 1.54) is 12.1 Å². The smallest absolute Gasteiger partial charge is 0.404 e. The molecule has 0 bridgehead atoms. The number of hydrogen-bond donors (Lipinski definition) is 5. The lowest BCUT2D eigenvalue weighted by atomic mass is 9.98. The van der Waals surface area contributed by atoms with E-state index in [4.69, 9.17) is 25.3 Å². The summed E-state index contributed by atoms with van der Waals surface area (Å²) in [5.41, 5.74) is 8.21. The molecular formula is C17H24N2O9P2. The van der Waals surface area contributed by atoms with Crippen LogP contribution in [0.5, 0.6) is 5.75 Å². The van der Waals surface area contributed by atoms with Gasteiger partial charge in [0.15, 0.2) is 0 Å². The number of rotatable bonds is 10. The van der Waals surface area contributed by atoms with Gasteiger partial charge in [-0.05, 0) is 31.0 Å². The molecule has 0 spiro atoms. The van der Waals surface area contributed by atoms with Crippen LogP contribution in [-0.4, -0.2) is 36.7 Å². The molecule has 13 heteroatoms. The quantitative estimate of drug-likeness (QED) is 0.330. The van der Waals surface area contributed by atoms with Gasteiger partial charge in [-0.15, -0.1) is 0 Å². The van der Waals surface area contributed by atoms with Gasteiger partial charge in [0.1, 0.15) is 5.75 Å². The zero-order valence-corrected chi connectivity index (χ0v) is 18.2. The van der Waals surface area contributed by atoms with Crippen LogP contribution in [0.25, 0.3) is 11.1 Å². The van der Waals surface area contributed by atoms with Crippen LogP contribution in [0.4, 0.5) is 0 Å². The number of primary amides is 1. The van der Waals surface area contributed by atoms with Crippen LogP contribution in [0.1, 0.15) is 35.1 Å². The molecule has 1 heterocycles. The second-order valence-corrected chi connectivity index (χ2v) is 8.88. The van der Waals surface area contributed by atoms with Crippen LogP contribution in [0.2, 0.25) is 0 Å². The summed E-state index contributed by atoms with van der Waals surface area (Å²) in [6.07, 6.45) is 1.26. The second-order valence-electron chi connectivity index (χ2n) is 6.48. The summed E-state index contributed by atoms with van der Waals surface area (Å²) in [6, 6.07) is 5.81. The lowest BCUT2D eigenvalue weighted by Crippen LogP contribution is -2.14. The van der Waals surface area contributed by atoms with Gasteiger partial charge >= 0.3 is 15.6 Å². The monoisotopic (exact) mass is 462 g/mol. The van der Waals surface area contributed by atoms with E-state index in [1.807, 2.05) is 6.92 Å². The molecule has 0 aliphatic carbocycles. The third-order valence-corrected chi connectivity index (χ3v) is 5.27. The van der Waals surface area contributed by atoms with Crippen LogP contribution < -0.4 is 10.3 Å². The van der Waals surface area contributed by atoms with Gasteiger partial charge in [0.05, 0.1) is 12.2 Å². The number of carbonyl (C=O) groups is 1. The van der Waals surface area contributed by atoms with Crippen molar-refractivity contribution >= 4 is 21.6 Å². The average Bonchev–Trinajstić information content (AvgIpc) is 2.86. The van der Waals surface area contributed by atoms with Gasteiger partial charge < -0.3 is 24.6 Å². The number of aromatic nitrogens is 1. The highest BCUT2D eigenvalue weighted by molar-refractivity contribution is 7.46. The van der Waals surface area contributed by atoms with Crippen molar-refractivity contribution in [1.29, 1.82) is 0 Å². The molecule has 1 aromatic heterocycles. The van der Waals surface area contributed by atoms with Crippen molar-refractivity contribution in [1.82, 2.24) is 4.57 Å². The van der Waals surface area contributed by atoms with Gasteiger partial charge in [-0.1, -0.05) is 25.5 Å². The van der Waals surface area contributed by atoms with Crippen molar-refractivity contribution in [2.75, 3.05) is 6.61 Å². The molecule has 2 aromatic rings. The fourth-order valence-corrected chi connectivity index (χ4v) is 4.00. The van der Waals surface area contributed by atoms with Crippen molar-refractivity contribution in [2.24, 2.45) is 5.73 Å². The zero-order valence-electron chi connectivity index (χ0n) is 16.4. The molecule has 0 aliphatic rings. The number of nitrogens with two attached hydrogens (primary N) is 1. The first-order chi connectivity index (χ1) is 13.8. The predicted octanol–water partition coefficient (Wildman–Crippen LogP) is 2.10. The number of hydrogen-bond acceptors (Lipinski definition) is 5. The lowest BCUT2D eigenvalue weighted by Gasteiger charge is -2.13. The second kappa shape index (κ2) is 9.45. The maximum Gasteiger partial charge on any atom is 0.524 e. The van der Waals surface area contributed by atoms with Crippen molar-refractivity contribution < 1.29 is 42.5 Å². The first kappa shape index (κ1) is 24.3. The molecule has 0 saturated heterocycles. The molecule has 0 fully saturated rings. The van der Waals surface area contributed by atoms with Crippen LogP contribution in [0.3, 0.4) is 0 Å². The highest BCUT2D eigenvalue weighted by Crippen LogP contribution is 2.40. The molecule has 6 N–H and O–H groups in total. The Morgan fingerprint density at radius 2 is 1.70 bits per heavy atom. The van der Waals surface area contributed by atoms with E-state index in [0.717, 1.165) is 5.69 Å². The summed E-state index contributed by atoms with van der Waals surface area (Å²) in [7, 11) is -9.34. The highest BCUT2D eigenvalue weighted by Gasteiger charge is 2.25. The van der Waals surface area contributed by atoms with E-state index in [1.54, 1.807) is 23.6 Å². The molecular weight excluding hydrogens is 438 g/mol. The first-order valence-electron chi connectivity index (χ1n) is 8.91. The number of amides is 1. The SMILES string of the molecule is CCCc1c(-c2ccc(OP(=O)(O)O)cc2)c(C(N)=O)c(C)n1CCOP(=O)(O)O. The maximum absolute atomic E-state index is 12.2. The molecule has 0 radical (unpaired) electrons. The largest absolute Gasteiger partial charge is 0.524 e. The van der Waals surface area contributed by atoms with Gasteiger partial charge in [-0.25, -0.2) is 9.13 Å². The van der Waals surface area contributed by atoms with Crippen molar-refractivity contribution in [3.8, 4) is 16.9 Å². The summed E-state index contributed by atoms with van der Waals surface area (Å²) in [6.45, 7) is 3.42. The lowest BCUT2D eigenvalue weighted by molar-refractivity contribution is 0.0999. The van der Waals surface area contributed by atoms with Gasteiger partial charge in [0.25, 0.3) is 5.91 Å². The Kier molecular flexibility index (Phi) is 7.65. The third kappa shape index (κ3) is 6.26. The summed E-state index contributed by atoms with van der Waals surface area (Å²) in [5.74, 6) is -0.721. The first-order valence-corrected chi connectivity index (χ1v) is 12.0. The van der Waals surface area contributed by atoms with E-state index in [-0.39, 0.29) is 24.5 Å². The number of carbonyl (C=O) groups excluding carboxylic acids is 1. The minimum Gasteiger partial charge on any atom is -0.404 e. The van der Waals surface area contributed by atoms with Crippen LogP contribution >= 0.6 is 15.6 Å². The highest BCUT2D eigenvalue weighted by atomic mass is 31.2. The van der Waals surface area contributed by atoms with Gasteiger partial charge in [-0.3, -0.25) is 19.1 Å². The Morgan fingerprint density at radius 1 is 1.10 bits per heavy atom. The molecule has 0 aliphatic heterocycles. The molecule has 0 atom stereocenters. The van der Waals surface area contributed by atoms with Crippen molar-refractivity contribution in [3.63, 3.8) is 0 Å². The normalized spacial score (nSPS) is 12.2. The van der Waals surface area contributed by atoms with Gasteiger partial charge in [-0.2, -0.15) is 0 Å². The Labute approximate surface area is 172 Å². The Balaban J connectivity index is 2.54. The predicted molar refractivity (Wildman–Crippen MR) is 108 cm³/mol. The fraction of sp³-hybridized carbons (Fsp3) is 0.353. The molecule has 11 nitrogen and oxygen atoms in total. The maximum atomic E-state index is 12.2. The molecule has 1 amide bonds. The van der Waals surface area contributed by atoms with Crippen LogP contribution in [0.15, 0.2) is 24.3 Å². The van der Waals surface area contributed by atoms with Crippen LogP contribution in [-0.2, 0) is 26.6 Å². The van der Waals surface area contributed by atoms with Gasteiger partial charge in [0.2, 0.25) is 0 Å². The number of benzene rings is 1. The van der Waals surface area contributed by atoms with E-state index >= 15 is 0 Å². The molecule has 2 rings (SSSR count). The summed E-state index contributed by atoms with van der Waals surface area (Å²) < 4.78 is 32.8. The Morgan fingerprint density at radius 3 is 2.17 bits per heavy atom. The van der Waals surface area contributed by atoms with Crippen LogP contribution in [0, 0.1) is 6.92 Å². The Bertz CT molecular complexity index is 1010. The molecule has 30 heavy (non-hydrogen) atoms. The average molecular weight is 462 g/mol. The molecule has 0 saturated carbocycles. The topological polar surface area (TPSA) is 182 Å². The number of phosphoric acid groups is 2. The molecule has 0 unspecified atom stereocenters. The summed E-state index contributed by atoms with van der Waals surface area (Å²) >= 11 is 0. The van der Waals surface area contributed by atoms with E-state index in [2.05, 4.69) is 9.05 Å². The number of nitrogens with zero attached hydrogens (tertiary/aromatic N) is 1. The summed E-state index contributed by atoms with van der Waals surface area (Å²) in [4.78, 5) is 47.9. The minimum atomic E-state index is -4.71. The van der Waals surface area contributed by atoms with Crippen molar-refractivity contribution in [2.45, 2.75) is 33.2 Å². The van der Waals surface area contributed by atoms with E-state index in [9.17, 15) is 13.9 Å². The third-order valence-electron chi connectivity index (χ3n) is 4.31. The van der Waals surface area contributed by atoms with E-state index < -0.39 is 21.6 Å². The van der Waals surface area contributed by atoms with Gasteiger partial charge in [0, 0.05) is 23.5 Å². The zero-order chi connectivity index (χ0) is 22.7. The van der Waals surface area contributed by atoms with E-state index in [0.29, 0.717) is 29.7 Å². The molecule has 1 aromatic carbocycles. The fourth-order valence-electron chi connectivity index (χ4n) is 3.28. The molecule has 166 valence electrons. The number of phosphoric ester groups is 2. The standard InChI is InChI=1S/C17H24N2O9P2/c1-3-4-14-16(12-5-7-13(8-6-12)28-30(24,25)26)15(17(18)20)11(2)19(14)9-10-27-29(21,22)23/h5-8H,3-4,9-10H2,1-2H3,(H2,18,20)(H2,21,22,23)(H2,24,25,26).